The van der Waals surface area contributed by atoms with Gasteiger partial charge in [0.25, 0.3) is 12.3 Å². The number of carbonyl (C=O) groups is 2. The number of aryl methyl sites for hydroxylation is 1. The van der Waals surface area contributed by atoms with Crippen molar-refractivity contribution in [2.24, 2.45) is 7.05 Å². The summed E-state index contributed by atoms with van der Waals surface area (Å²) in [5, 5.41) is 15.1. The number of nitrogens with one attached hydrogen (secondary N) is 1. The summed E-state index contributed by atoms with van der Waals surface area (Å²) < 4.78 is 26.7. The van der Waals surface area contributed by atoms with Gasteiger partial charge < -0.3 is 10.4 Å². The Morgan fingerprint density at radius 1 is 1.45 bits per heavy atom. The highest BCUT2D eigenvalue weighted by molar-refractivity contribution is 5.99. The number of aliphatic carboxylic acids is 1. The average molecular weight is 285 g/mol. The van der Waals surface area contributed by atoms with Gasteiger partial charge in [0.15, 0.2) is 0 Å². The minimum Gasteiger partial charge on any atom is -0.479 e. The van der Waals surface area contributed by atoms with E-state index in [1.165, 1.54) is 7.05 Å². The van der Waals surface area contributed by atoms with Crippen LogP contribution >= 0.6 is 0 Å². The second-order valence-corrected chi connectivity index (χ2v) is 4.62. The number of rotatable bonds is 4. The molecular formula is C12H13F2N3O3. The number of nitrogens with zero attached hydrogens (tertiary/aromatic N) is 2. The lowest BCUT2D eigenvalue weighted by atomic mass is 9.96. The molecule has 1 amide bonds. The van der Waals surface area contributed by atoms with E-state index in [0.29, 0.717) is 0 Å². The van der Waals surface area contributed by atoms with E-state index in [0.717, 1.165) is 10.9 Å². The Morgan fingerprint density at radius 3 is 2.55 bits per heavy atom. The lowest BCUT2D eigenvalue weighted by Crippen LogP contribution is -2.52. The van der Waals surface area contributed by atoms with Crippen LogP contribution in [0.2, 0.25) is 0 Å². The molecular weight excluding hydrogens is 272 g/mol. The summed E-state index contributed by atoms with van der Waals surface area (Å²) in [7, 11) is 1.41. The van der Waals surface area contributed by atoms with Gasteiger partial charge in [0.2, 0.25) is 0 Å². The van der Waals surface area contributed by atoms with Crippen LogP contribution in [0, 0.1) is 0 Å². The van der Waals surface area contributed by atoms with Crippen LogP contribution in [0.25, 0.3) is 0 Å². The molecule has 0 bridgehead atoms. The molecule has 0 spiro atoms. The fourth-order valence-electron chi connectivity index (χ4n) is 2.11. The largest absolute Gasteiger partial charge is 0.479 e. The minimum atomic E-state index is -2.90. The van der Waals surface area contributed by atoms with Gasteiger partial charge in [-0.05, 0) is 12.8 Å². The Kier molecular flexibility index (Phi) is 3.56. The molecule has 0 saturated carbocycles. The van der Waals surface area contributed by atoms with Crippen molar-refractivity contribution in [2.75, 3.05) is 0 Å². The van der Waals surface area contributed by atoms with Crippen LogP contribution in [-0.2, 0) is 11.8 Å². The Labute approximate surface area is 113 Å². The maximum Gasteiger partial charge on any atom is 0.330 e. The zero-order chi connectivity index (χ0) is 14.9. The zero-order valence-electron chi connectivity index (χ0n) is 10.6. The van der Waals surface area contributed by atoms with E-state index in [-0.39, 0.29) is 18.4 Å². The van der Waals surface area contributed by atoms with E-state index in [2.05, 4.69) is 10.4 Å². The van der Waals surface area contributed by atoms with Crippen LogP contribution in [0.5, 0.6) is 0 Å². The second-order valence-electron chi connectivity index (χ2n) is 4.62. The maximum absolute atomic E-state index is 12.8. The molecule has 0 aliphatic heterocycles. The highest BCUT2D eigenvalue weighted by Gasteiger charge is 2.41. The van der Waals surface area contributed by atoms with Gasteiger partial charge in [-0.2, -0.15) is 5.10 Å². The highest BCUT2D eigenvalue weighted by atomic mass is 19.3. The fraction of sp³-hybridized carbons (Fsp3) is 0.417. The van der Waals surface area contributed by atoms with Crippen molar-refractivity contribution < 1.29 is 23.5 Å². The van der Waals surface area contributed by atoms with E-state index >= 15 is 0 Å². The molecule has 0 fully saturated rings. The Bertz CT molecular complexity index is 573. The smallest absolute Gasteiger partial charge is 0.330 e. The molecule has 0 aromatic carbocycles. The summed E-state index contributed by atoms with van der Waals surface area (Å²) in [5.41, 5.74) is -2.43. The minimum absolute atomic E-state index is 0.123. The third kappa shape index (κ3) is 2.40. The molecule has 2 N–H and O–H groups in total. The van der Waals surface area contributed by atoms with E-state index in [1.807, 2.05) is 0 Å². The molecule has 1 heterocycles. The number of hydrogen-bond acceptors (Lipinski definition) is 3. The molecule has 1 aromatic heterocycles. The van der Waals surface area contributed by atoms with Crippen LogP contribution in [0.15, 0.2) is 18.3 Å². The predicted molar refractivity (Wildman–Crippen MR) is 64.4 cm³/mol. The SMILES string of the molecule is Cn1cc(C(=O)NC2(C(=O)O)CC=CC2)c(C(F)F)n1. The standard InChI is InChI=1S/C12H13F2N3O3/c1-17-6-7(8(16-17)9(13)14)10(18)15-12(11(19)20)4-2-3-5-12/h2-3,6,9H,4-5H2,1H3,(H,15,18)(H,19,20). The highest BCUT2D eigenvalue weighted by Crippen LogP contribution is 2.26. The number of aromatic nitrogens is 2. The number of carboxylic acids is 1. The van der Waals surface area contributed by atoms with Crippen molar-refractivity contribution in [1.29, 1.82) is 0 Å². The number of amides is 1. The van der Waals surface area contributed by atoms with Gasteiger partial charge in [0.05, 0.1) is 5.56 Å². The first-order valence-corrected chi connectivity index (χ1v) is 5.88. The summed E-state index contributed by atoms with van der Waals surface area (Å²) in [4.78, 5) is 23.4. The van der Waals surface area contributed by atoms with Gasteiger partial charge in [-0.3, -0.25) is 9.48 Å². The quantitative estimate of drug-likeness (QED) is 0.816. The van der Waals surface area contributed by atoms with Gasteiger partial charge in [0.1, 0.15) is 11.2 Å². The predicted octanol–water partition coefficient (Wildman–Crippen LogP) is 1.26. The molecule has 0 saturated heterocycles. The van der Waals surface area contributed by atoms with E-state index in [9.17, 15) is 23.5 Å². The van der Waals surface area contributed by atoms with Crippen molar-refractivity contribution in [3.05, 3.63) is 29.6 Å². The van der Waals surface area contributed by atoms with Crippen molar-refractivity contribution in [2.45, 2.75) is 24.8 Å². The number of carboxylic acid groups (broad SMARTS) is 1. The van der Waals surface area contributed by atoms with E-state index in [4.69, 9.17) is 0 Å². The first-order valence-electron chi connectivity index (χ1n) is 5.88. The zero-order valence-corrected chi connectivity index (χ0v) is 10.6. The monoisotopic (exact) mass is 285 g/mol. The molecule has 20 heavy (non-hydrogen) atoms. The molecule has 1 aliphatic rings. The summed E-state index contributed by atoms with van der Waals surface area (Å²) >= 11 is 0. The molecule has 0 unspecified atom stereocenters. The molecule has 0 atom stereocenters. The van der Waals surface area contributed by atoms with Crippen LogP contribution in [0.1, 0.15) is 35.3 Å². The summed E-state index contributed by atoms with van der Waals surface area (Å²) in [6.07, 6.45) is 1.75. The molecule has 1 aliphatic carbocycles. The first-order chi connectivity index (χ1) is 9.35. The van der Waals surface area contributed by atoms with E-state index in [1.54, 1.807) is 12.2 Å². The van der Waals surface area contributed by atoms with Gasteiger partial charge >= 0.3 is 5.97 Å². The molecule has 0 radical (unpaired) electrons. The third-order valence-electron chi connectivity index (χ3n) is 3.17. The number of carbonyl (C=O) groups excluding carboxylic acids is 1. The van der Waals surface area contributed by atoms with Crippen molar-refractivity contribution in [1.82, 2.24) is 15.1 Å². The van der Waals surface area contributed by atoms with Gasteiger partial charge in [0, 0.05) is 13.2 Å². The topological polar surface area (TPSA) is 84.2 Å². The van der Waals surface area contributed by atoms with Gasteiger partial charge in [-0.1, -0.05) is 12.2 Å². The Balaban J connectivity index is 2.26. The van der Waals surface area contributed by atoms with Crippen LogP contribution in [0.3, 0.4) is 0 Å². The van der Waals surface area contributed by atoms with Crippen molar-refractivity contribution in [3.63, 3.8) is 0 Å². The summed E-state index contributed by atoms with van der Waals surface area (Å²) in [6.45, 7) is 0. The van der Waals surface area contributed by atoms with Crippen LogP contribution < -0.4 is 5.32 Å². The van der Waals surface area contributed by atoms with E-state index < -0.39 is 29.5 Å². The molecule has 108 valence electrons. The van der Waals surface area contributed by atoms with Crippen molar-refractivity contribution in [3.8, 4) is 0 Å². The van der Waals surface area contributed by atoms with Crippen molar-refractivity contribution >= 4 is 11.9 Å². The summed E-state index contributed by atoms with van der Waals surface area (Å²) in [5.74, 6) is -2.06. The molecule has 8 heteroatoms. The molecule has 6 nitrogen and oxygen atoms in total. The van der Waals surface area contributed by atoms with Gasteiger partial charge in [-0.25, -0.2) is 13.6 Å². The lowest BCUT2D eigenvalue weighted by Gasteiger charge is -2.25. The summed E-state index contributed by atoms with van der Waals surface area (Å²) in [6, 6.07) is 0. The van der Waals surface area contributed by atoms with Crippen LogP contribution in [-0.4, -0.2) is 32.3 Å². The second kappa shape index (κ2) is 5.03. The van der Waals surface area contributed by atoms with Gasteiger partial charge in [-0.15, -0.1) is 0 Å². The lowest BCUT2D eigenvalue weighted by molar-refractivity contribution is -0.144. The number of halogens is 2. The third-order valence-corrected chi connectivity index (χ3v) is 3.17. The first kappa shape index (κ1) is 14.2. The average Bonchev–Trinajstić information content (AvgIpc) is 2.96. The molecule has 2 rings (SSSR count). The van der Waals surface area contributed by atoms with Crippen LogP contribution in [0.4, 0.5) is 8.78 Å². The Hall–Kier alpha value is -2.25. The normalized spacial score (nSPS) is 16.6. The molecule has 1 aromatic rings. The fourth-order valence-corrected chi connectivity index (χ4v) is 2.11. The maximum atomic E-state index is 12.8. The number of hydrogen-bond donors (Lipinski definition) is 2. The Morgan fingerprint density at radius 2 is 2.05 bits per heavy atom. The number of alkyl halides is 2.